The highest BCUT2D eigenvalue weighted by Gasteiger charge is 2.18. The van der Waals surface area contributed by atoms with E-state index in [0.717, 1.165) is 22.4 Å². The molecule has 2 aromatic carbocycles. The van der Waals surface area contributed by atoms with E-state index in [1.165, 1.54) is 13.4 Å². The maximum atomic E-state index is 12.7. The Bertz CT molecular complexity index is 1000. The average Bonchev–Trinajstić information content (AvgIpc) is 3.11. The van der Waals surface area contributed by atoms with Gasteiger partial charge in [0.05, 0.1) is 26.2 Å². The van der Waals surface area contributed by atoms with Crippen molar-refractivity contribution in [3.8, 4) is 0 Å². The first-order valence-electron chi connectivity index (χ1n) is 8.90. The van der Waals surface area contributed by atoms with Crippen LogP contribution in [0, 0.1) is 0 Å². The zero-order valence-electron chi connectivity index (χ0n) is 15.9. The molecule has 2 N–H and O–H groups in total. The predicted octanol–water partition coefficient (Wildman–Crippen LogP) is 2.95. The highest BCUT2D eigenvalue weighted by atomic mass is 16.5. The Morgan fingerprint density at radius 2 is 1.72 bits per heavy atom. The van der Waals surface area contributed by atoms with E-state index in [2.05, 4.69) is 10.1 Å². The van der Waals surface area contributed by atoms with Crippen molar-refractivity contribution in [2.24, 2.45) is 5.10 Å². The van der Waals surface area contributed by atoms with Gasteiger partial charge < -0.3 is 15.0 Å². The fourth-order valence-electron chi connectivity index (χ4n) is 2.76. The molecule has 3 aromatic rings. The molecule has 0 radical (unpaired) electrons. The number of hydrogen-bond donors (Lipinski definition) is 1. The molecule has 1 aromatic heterocycles. The molecule has 0 aliphatic heterocycles. The zero-order valence-corrected chi connectivity index (χ0v) is 15.9. The van der Waals surface area contributed by atoms with Gasteiger partial charge in [-0.3, -0.25) is 4.79 Å². The van der Waals surface area contributed by atoms with E-state index in [1.807, 2.05) is 60.7 Å². The average molecular weight is 391 g/mol. The number of hydrazone groups is 1. The number of ether oxygens (including phenoxy) is 1. The summed E-state index contributed by atoms with van der Waals surface area (Å²) in [6.45, 7) is 0.598. The number of rotatable bonds is 7. The van der Waals surface area contributed by atoms with Gasteiger partial charge in [-0.15, -0.1) is 0 Å². The first-order valence-corrected chi connectivity index (χ1v) is 8.90. The van der Waals surface area contributed by atoms with Crippen molar-refractivity contribution >= 4 is 23.9 Å². The lowest BCUT2D eigenvalue weighted by atomic mass is 10.2. The van der Waals surface area contributed by atoms with Gasteiger partial charge in [-0.25, -0.2) is 9.78 Å². The van der Waals surface area contributed by atoms with Crippen LogP contribution in [0.5, 0.6) is 0 Å². The van der Waals surface area contributed by atoms with Crippen molar-refractivity contribution < 1.29 is 14.3 Å². The molecule has 148 valence electrons. The van der Waals surface area contributed by atoms with Crippen molar-refractivity contribution in [2.75, 3.05) is 12.8 Å². The van der Waals surface area contributed by atoms with Crippen LogP contribution in [-0.2, 0) is 17.8 Å². The van der Waals surface area contributed by atoms with Gasteiger partial charge in [0.15, 0.2) is 5.82 Å². The molecule has 0 fully saturated rings. The molecule has 1 amide bonds. The number of hydrogen-bond acceptors (Lipinski definition) is 6. The third-order valence-corrected chi connectivity index (χ3v) is 4.17. The first kappa shape index (κ1) is 19.8. The van der Waals surface area contributed by atoms with Crippen LogP contribution in [0.15, 0.2) is 72.1 Å². The number of aromatic nitrogens is 2. The van der Waals surface area contributed by atoms with Gasteiger partial charge in [0, 0.05) is 6.54 Å². The number of nitrogen functional groups attached to an aromatic ring is 1. The van der Waals surface area contributed by atoms with Crippen molar-refractivity contribution in [3.63, 3.8) is 0 Å². The molecule has 0 aliphatic rings. The van der Waals surface area contributed by atoms with Gasteiger partial charge in [0.2, 0.25) is 5.78 Å². The van der Waals surface area contributed by atoms with Crippen molar-refractivity contribution in [3.05, 3.63) is 83.8 Å². The second kappa shape index (κ2) is 9.32. The van der Waals surface area contributed by atoms with Gasteiger partial charge in [-0.05, 0) is 11.1 Å². The van der Waals surface area contributed by atoms with Gasteiger partial charge in [-0.1, -0.05) is 60.7 Å². The van der Waals surface area contributed by atoms with Gasteiger partial charge in [0.25, 0.3) is 0 Å². The highest BCUT2D eigenvalue weighted by molar-refractivity contribution is 6.36. The largest absolute Gasteiger partial charge is 0.451 e. The van der Waals surface area contributed by atoms with Crippen LogP contribution in [0.3, 0.4) is 0 Å². The Kier molecular flexibility index (Phi) is 6.36. The fraction of sp³-hybridized carbons (Fsp3) is 0.143. The fourth-order valence-corrected chi connectivity index (χ4v) is 2.76. The summed E-state index contributed by atoms with van der Waals surface area (Å²) < 4.78 is 6.41. The lowest BCUT2D eigenvalue weighted by Crippen LogP contribution is -2.26. The monoisotopic (exact) mass is 391 g/mol. The molecule has 0 bridgehead atoms. The normalized spacial score (nSPS) is 10.8. The van der Waals surface area contributed by atoms with Crippen molar-refractivity contribution in [1.29, 1.82) is 0 Å². The summed E-state index contributed by atoms with van der Waals surface area (Å²) >= 11 is 0. The quantitative estimate of drug-likeness (QED) is 0.379. The highest BCUT2D eigenvalue weighted by Crippen LogP contribution is 2.13. The minimum Gasteiger partial charge on any atom is -0.451 e. The van der Waals surface area contributed by atoms with E-state index in [-0.39, 0.29) is 18.1 Å². The molecule has 0 spiro atoms. The summed E-state index contributed by atoms with van der Waals surface area (Å²) in [4.78, 5) is 28.8. The van der Waals surface area contributed by atoms with Crippen molar-refractivity contribution in [2.45, 2.75) is 13.1 Å². The molecule has 0 saturated heterocycles. The number of carbonyl (C=O) groups excluding carboxylic acids is 2. The van der Waals surface area contributed by atoms with E-state index in [9.17, 15) is 9.59 Å². The Hall–Kier alpha value is -3.94. The molecule has 0 atom stereocenters. The topological polar surface area (TPSA) is 103 Å². The Labute approximate surface area is 168 Å². The van der Waals surface area contributed by atoms with Crippen LogP contribution in [-0.4, -0.2) is 39.8 Å². The predicted molar refractivity (Wildman–Crippen MR) is 109 cm³/mol. The summed E-state index contributed by atoms with van der Waals surface area (Å²) in [5, 5.41) is 5.09. The van der Waals surface area contributed by atoms with Crippen LogP contribution < -0.4 is 5.73 Å². The summed E-state index contributed by atoms with van der Waals surface area (Å²) in [6, 6.07) is 18.9. The van der Waals surface area contributed by atoms with E-state index < -0.39 is 11.9 Å². The van der Waals surface area contributed by atoms with Crippen LogP contribution in [0.1, 0.15) is 21.6 Å². The maximum Gasteiger partial charge on any atom is 0.430 e. The van der Waals surface area contributed by atoms with Gasteiger partial charge in [0.1, 0.15) is 5.69 Å². The lowest BCUT2D eigenvalue weighted by molar-refractivity contribution is 0.105. The Morgan fingerprint density at radius 1 is 1.10 bits per heavy atom. The second-order valence-electron chi connectivity index (χ2n) is 6.21. The third-order valence-electron chi connectivity index (χ3n) is 4.17. The molecular formula is C21H21N5O3. The minimum absolute atomic E-state index is 0.102. The van der Waals surface area contributed by atoms with Gasteiger partial charge in [-0.2, -0.15) is 10.1 Å². The molecular weight excluding hydrogens is 370 g/mol. The van der Waals surface area contributed by atoms with Gasteiger partial charge >= 0.3 is 6.09 Å². The zero-order chi connectivity index (χ0) is 20.6. The van der Waals surface area contributed by atoms with Crippen LogP contribution in [0.25, 0.3) is 0 Å². The minimum atomic E-state index is -0.677. The van der Waals surface area contributed by atoms with E-state index in [1.54, 1.807) is 4.57 Å². The number of benzene rings is 2. The molecule has 0 unspecified atom stereocenters. The van der Waals surface area contributed by atoms with E-state index in [4.69, 9.17) is 10.5 Å². The summed E-state index contributed by atoms with van der Waals surface area (Å²) in [7, 11) is 1.25. The number of nitrogens with zero attached hydrogens (tertiary/aromatic N) is 4. The molecule has 3 rings (SSSR count). The number of nitrogens with two attached hydrogens (primary N) is 1. The molecule has 8 heteroatoms. The Morgan fingerprint density at radius 3 is 2.34 bits per heavy atom. The smallest absolute Gasteiger partial charge is 0.430 e. The second-order valence-corrected chi connectivity index (χ2v) is 6.21. The Balaban J connectivity index is 1.79. The third kappa shape index (κ3) is 5.07. The number of amides is 1. The van der Waals surface area contributed by atoms with Crippen molar-refractivity contribution in [1.82, 2.24) is 14.6 Å². The number of carbonyl (C=O) groups is 2. The van der Waals surface area contributed by atoms with Crippen LogP contribution >= 0.6 is 0 Å². The summed E-state index contributed by atoms with van der Waals surface area (Å²) in [5.74, 6) is -0.358. The number of Topliss-reactive ketones (excluding diaryl/α,β-unsaturated/α-hetero) is 1. The number of ketones is 1. The summed E-state index contributed by atoms with van der Waals surface area (Å²) in [6.07, 6.45) is 1.88. The SMILES string of the molecule is COC(=O)N(Cc1ccccc1)/N=C/C(=O)c1c(N)ncn1Cc1ccccc1. The van der Waals surface area contributed by atoms with E-state index >= 15 is 0 Å². The number of anilines is 1. The molecule has 0 saturated carbocycles. The van der Waals surface area contributed by atoms with Crippen LogP contribution in [0.2, 0.25) is 0 Å². The maximum absolute atomic E-state index is 12.7. The number of methoxy groups -OCH3 is 1. The standard InChI is InChI=1S/C21H21N5O3/c1-29-21(28)26(14-17-10-6-3-7-11-17)24-12-18(27)19-20(22)23-15-25(19)13-16-8-4-2-5-9-16/h2-12,15H,13-14,22H2,1H3/b24-12+. The van der Waals surface area contributed by atoms with E-state index in [0.29, 0.717) is 6.54 Å². The van der Waals surface area contributed by atoms with Crippen LogP contribution in [0.4, 0.5) is 10.6 Å². The first-order chi connectivity index (χ1) is 14.1. The lowest BCUT2D eigenvalue weighted by Gasteiger charge is -2.15. The summed E-state index contributed by atoms with van der Waals surface area (Å²) in [5.41, 5.74) is 7.94. The molecule has 1 heterocycles. The number of imidazole rings is 1. The molecule has 0 aliphatic carbocycles. The molecule has 29 heavy (non-hydrogen) atoms. The molecule has 8 nitrogen and oxygen atoms in total.